The Labute approximate surface area is 241 Å². The highest BCUT2D eigenvalue weighted by Gasteiger charge is 2.23. The second-order valence-electron chi connectivity index (χ2n) is 13.3. The van der Waals surface area contributed by atoms with Crippen LogP contribution in [0.4, 0.5) is 0 Å². The maximum Gasteiger partial charge on any atom is 0.305 e. The molecule has 4 heteroatoms. The number of esters is 2. The van der Waals surface area contributed by atoms with Crippen molar-refractivity contribution in [1.82, 2.24) is 0 Å². The van der Waals surface area contributed by atoms with Gasteiger partial charge in [0.1, 0.15) is 0 Å². The van der Waals surface area contributed by atoms with Crippen LogP contribution in [0.2, 0.25) is 0 Å². The minimum atomic E-state index is -0.120. The number of ether oxygens (including phenoxy) is 2. The lowest BCUT2D eigenvalue weighted by atomic mass is 9.78. The van der Waals surface area contributed by atoms with E-state index in [1.807, 2.05) is 0 Å². The molecular formula is C36H50O4. The standard InChI is InChI=1S/C36H50O4/c1-25(19-33(37)39-7)11-9-17-35(3,4)31-15-13-27-21-28-14-16-32(24-30(28)22-29(27)23-31)36(5,6)18-10-12-26(2)20-34(38)40-8/h13-16,21-26H,9-12,17-20H2,1-8H3. The van der Waals surface area contributed by atoms with Crippen molar-refractivity contribution in [2.75, 3.05) is 14.2 Å². The molecule has 0 heterocycles. The monoisotopic (exact) mass is 546 g/mol. The van der Waals surface area contributed by atoms with E-state index in [1.165, 1.54) is 46.9 Å². The van der Waals surface area contributed by atoms with Crippen molar-refractivity contribution in [3.63, 3.8) is 0 Å². The van der Waals surface area contributed by atoms with Gasteiger partial charge in [-0.1, -0.05) is 104 Å². The zero-order chi connectivity index (χ0) is 29.5. The average molecular weight is 547 g/mol. The lowest BCUT2D eigenvalue weighted by molar-refractivity contribution is -0.142. The molecular weight excluding hydrogens is 496 g/mol. The van der Waals surface area contributed by atoms with Gasteiger partial charge in [0, 0.05) is 12.8 Å². The second kappa shape index (κ2) is 13.7. The van der Waals surface area contributed by atoms with E-state index >= 15 is 0 Å². The normalized spacial score (nSPS) is 13.8. The lowest BCUT2D eigenvalue weighted by Gasteiger charge is -2.27. The summed E-state index contributed by atoms with van der Waals surface area (Å²) in [6, 6.07) is 18.5. The molecule has 0 fully saturated rings. The number of rotatable bonds is 14. The predicted octanol–water partition coefficient (Wildman–Crippen LogP) is 9.29. The first kappa shape index (κ1) is 31.6. The van der Waals surface area contributed by atoms with E-state index in [-0.39, 0.29) is 22.8 Å². The molecule has 0 bridgehead atoms. The molecule has 2 atom stereocenters. The zero-order valence-electron chi connectivity index (χ0n) is 26.1. The highest BCUT2D eigenvalue weighted by Crippen LogP contribution is 2.36. The van der Waals surface area contributed by atoms with Crippen LogP contribution in [-0.2, 0) is 29.9 Å². The van der Waals surface area contributed by atoms with Crippen molar-refractivity contribution in [1.29, 1.82) is 0 Å². The largest absolute Gasteiger partial charge is 0.469 e. The number of hydrogen-bond donors (Lipinski definition) is 0. The Bertz CT molecular complexity index is 1210. The molecule has 3 aromatic carbocycles. The molecule has 0 aliphatic carbocycles. The minimum absolute atomic E-state index is 0.0585. The van der Waals surface area contributed by atoms with Crippen LogP contribution in [0.5, 0.6) is 0 Å². The van der Waals surface area contributed by atoms with Crippen molar-refractivity contribution in [3.05, 3.63) is 59.7 Å². The van der Waals surface area contributed by atoms with Gasteiger partial charge in [0.2, 0.25) is 0 Å². The molecule has 0 amide bonds. The fraction of sp³-hybridized carbons (Fsp3) is 0.556. The van der Waals surface area contributed by atoms with Crippen LogP contribution in [-0.4, -0.2) is 26.2 Å². The summed E-state index contributed by atoms with van der Waals surface area (Å²) in [4.78, 5) is 23.1. The van der Waals surface area contributed by atoms with Gasteiger partial charge in [0.15, 0.2) is 0 Å². The van der Waals surface area contributed by atoms with Gasteiger partial charge in [-0.15, -0.1) is 0 Å². The van der Waals surface area contributed by atoms with E-state index < -0.39 is 0 Å². The summed E-state index contributed by atoms with van der Waals surface area (Å²) in [5.41, 5.74) is 2.83. The third kappa shape index (κ3) is 8.56. The maximum atomic E-state index is 11.6. The van der Waals surface area contributed by atoms with E-state index in [9.17, 15) is 9.59 Å². The SMILES string of the molecule is COC(=O)CC(C)CCCC(C)(C)c1ccc2cc3ccc(C(C)(C)CCCC(C)CC(=O)OC)cc3cc2c1. The van der Waals surface area contributed by atoms with E-state index in [0.29, 0.717) is 24.7 Å². The summed E-state index contributed by atoms with van der Waals surface area (Å²) in [5.74, 6) is 0.441. The summed E-state index contributed by atoms with van der Waals surface area (Å²) in [6.07, 6.45) is 7.36. The number of carbonyl (C=O) groups excluding carboxylic acids is 2. The van der Waals surface area contributed by atoms with Gasteiger partial charge in [0.05, 0.1) is 14.2 Å². The smallest absolute Gasteiger partial charge is 0.305 e. The first-order valence-corrected chi connectivity index (χ1v) is 15.0. The van der Waals surface area contributed by atoms with E-state index in [0.717, 1.165) is 38.5 Å². The zero-order valence-corrected chi connectivity index (χ0v) is 26.1. The third-order valence-corrected chi connectivity index (χ3v) is 8.84. The van der Waals surface area contributed by atoms with Crippen LogP contribution in [0, 0.1) is 11.8 Å². The first-order valence-electron chi connectivity index (χ1n) is 15.0. The third-order valence-electron chi connectivity index (χ3n) is 8.84. The molecule has 0 N–H and O–H groups in total. The Balaban J connectivity index is 1.72. The highest BCUT2D eigenvalue weighted by molar-refractivity contribution is 5.98. The number of carbonyl (C=O) groups is 2. The summed E-state index contributed by atoms with van der Waals surface area (Å²) in [7, 11) is 2.92. The van der Waals surface area contributed by atoms with Gasteiger partial charge in [0.25, 0.3) is 0 Å². The summed E-state index contributed by atoms with van der Waals surface area (Å²) < 4.78 is 9.64. The Morgan fingerprint density at radius 1 is 0.625 bits per heavy atom. The van der Waals surface area contributed by atoms with Gasteiger partial charge < -0.3 is 9.47 Å². The molecule has 0 saturated carbocycles. The molecule has 2 unspecified atom stereocenters. The van der Waals surface area contributed by atoms with E-state index in [2.05, 4.69) is 90.1 Å². The molecule has 0 aliphatic rings. The quantitative estimate of drug-likeness (QED) is 0.149. The summed E-state index contributed by atoms with van der Waals surface area (Å²) >= 11 is 0. The molecule has 3 rings (SSSR count). The van der Waals surface area contributed by atoms with Crippen LogP contribution in [0.25, 0.3) is 21.5 Å². The molecule has 0 aromatic heterocycles. The Hall–Kier alpha value is -2.88. The molecule has 0 aliphatic heterocycles. The van der Waals surface area contributed by atoms with Crippen LogP contribution < -0.4 is 0 Å². The Morgan fingerprint density at radius 2 is 1.00 bits per heavy atom. The summed E-state index contributed by atoms with van der Waals surface area (Å²) in [5, 5.41) is 5.10. The van der Waals surface area contributed by atoms with Gasteiger partial charge in [-0.3, -0.25) is 9.59 Å². The molecule has 0 radical (unpaired) electrons. The van der Waals surface area contributed by atoms with Gasteiger partial charge in [-0.25, -0.2) is 0 Å². The second-order valence-corrected chi connectivity index (χ2v) is 13.3. The highest BCUT2D eigenvalue weighted by atomic mass is 16.5. The predicted molar refractivity (Wildman–Crippen MR) is 167 cm³/mol. The topological polar surface area (TPSA) is 52.6 Å². The maximum absolute atomic E-state index is 11.6. The van der Waals surface area contributed by atoms with E-state index in [4.69, 9.17) is 9.47 Å². The minimum Gasteiger partial charge on any atom is -0.469 e. The Kier molecular flexibility index (Phi) is 10.8. The number of hydrogen-bond acceptors (Lipinski definition) is 4. The van der Waals surface area contributed by atoms with Crippen molar-refractivity contribution >= 4 is 33.5 Å². The van der Waals surface area contributed by atoms with Crippen molar-refractivity contribution in [2.24, 2.45) is 11.8 Å². The van der Waals surface area contributed by atoms with Crippen LogP contribution in [0.1, 0.15) is 104 Å². The van der Waals surface area contributed by atoms with Crippen LogP contribution in [0.3, 0.4) is 0 Å². The van der Waals surface area contributed by atoms with Crippen LogP contribution in [0.15, 0.2) is 48.5 Å². The van der Waals surface area contributed by atoms with Crippen molar-refractivity contribution in [3.8, 4) is 0 Å². The fourth-order valence-electron chi connectivity index (χ4n) is 5.85. The number of methoxy groups -OCH3 is 2. The van der Waals surface area contributed by atoms with Crippen molar-refractivity contribution in [2.45, 2.75) is 104 Å². The van der Waals surface area contributed by atoms with Gasteiger partial charge >= 0.3 is 11.9 Å². The molecule has 0 saturated heterocycles. The molecule has 0 spiro atoms. The van der Waals surface area contributed by atoms with Gasteiger partial charge in [-0.2, -0.15) is 0 Å². The average Bonchev–Trinajstić information content (AvgIpc) is 2.90. The summed E-state index contributed by atoms with van der Waals surface area (Å²) in [6.45, 7) is 13.6. The molecule has 3 aromatic rings. The molecule has 40 heavy (non-hydrogen) atoms. The molecule has 218 valence electrons. The number of benzene rings is 3. The Morgan fingerprint density at radius 3 is 1.38 bits per heavy atom. The fourth-order valence-corrected chi connectivity index (χ4v) is 5.85. The van der Waals surface area contributed by atoms with E-state index in [1.54, 1.807) is 0 Å². The van der Waals surface area contributed by atoms with Gasteiger partial charge in [-0.05, 0) is 80.3 Å². The number of fused-ring (bicyclic) bond motifs is 2. The van der Waals surface area contributed by atoms with Crippen molar-refractivity contribution < 1.29 is 19.1 Å². The molecule has 4 nitrogen and oxygen atoms in total. The van der Waals surface area contributed by atoms with Crippen LogP contribution >= 0.6 is 0 Å². The first-order chi connectivity index (χ1) is 18.8. The lowest BCUT2D eigenvalue weighted by Crippen LogP contribution is -2.18.